The number of benzene rings is 1. The van der Waals surface area contributed by atoms with Crippen LogP contribution in [0.1, 0.15) is 19.1 Å². The number of ether oxygens (including phenoxy) is 2. The van der Waals surface area contributed by atoms with Crippen LogP contribution in [-0.2, 0) is 9.59 Å². The number of amides is 2. The second kappa shape index (κ2) is 9.45. The van der Waals surface area contributed by atoms with Crippen LogP contribution in [0.15, 0.2) is 34.9 Å². The number of nitrogens with one attached hydrogen (secondary N) is 1. The van der Waals surface area contributed by atoms with Gasteiger partial charge in [0.1, 0.15) is 23.9 Å². The van der Waals surface area contributed by atoms with Crippen LogP contribution < -0.4 is 14.8 Å². The van der Waals surface area contributed by atoms with Crippen molar-refractivity contribution in [3.8, 4) is 11.5 Å². The van der Waals surface area contributed by atoms with Crippen LogP contribution in [0.3, 0.4) is 0 Å². The molecule has 0 spiro atoms. The maximum atomic E-state index is 11.9. The molecule has 0 aliphatic rings. The highest BCUT2D eigenvalue weighted by Gasteiger charge is 2.12. The third-order valence-corrected chi connectivity index (χ3v) is 3.64. The van der Waals surface area contributed by atoms with E-state index in [0.717, 1.165) is 5.75 Å². The van der Waals surface area contributed by atoms with Crippen LogP contribution in [0.4, 0.5) is 5.82 Å². The fraction of sp³-hybridized carbons (Fsp3) is 0.389. The van der Waals surface area contributed by atoms with Gasteiger partial charge < -0.3 is 24.2 Å². The number of nitrogens with zero attached hydrogens (tertiary/aromatic N) is 2. The number of aromatic nitrogens is 1. The first-order valence-electron chi connectivity index (χ1n) is 8.23. The molecular formula is C18H23N3O5. The Morgan fingerprint density at radius 1 is 1.19 bits per heavy atom. The molecule has 0 bridgehead atoms. The molecule has 2 amide bonds. The van der Waals surface area contributed by atoms with Crippen LogP contribution in [0.5, 0.6) is 11.5 Å². The molecule has 1 aromatic carbocycles. The largest absolute Gasteiger partial charge is 0.497 e. The van der Waals surface area contributed by atoms with E-state index in [2.05, 4.69) is 10.5 Å². The van der Waals surface area contributed by atoms with Crippen molar-refractivity contribution in [3.63, 3.8) is 0 Å². The van der Waals surface area contributed by atoms with Crippen molar-refractivity contribution in [2.75, 3.05) is 32.1 Å². The maximum Gasteiger partial charge on any atom is 0.227 e. The molecule has 1 N–H and O–H groups in total. The zero-order valence-electron chi connectivity index (χ0n) is 15.2. The minimum absolute atomic E-state index is 0.117. The van der Waals surface area contributed by atoms with E-state index in [4.69, 9.17) is 14.0 Å². The van der Waals surface area contributed by atoms with Crippen molar-refractivity contribution in [3.05, 3.63) is 36.1 Å². The fourth-order valence-corrected chi connectivity index (χ4v) is 2.24. The Bertz CT molecular complexity index is 727. The van der Waals surface area contributed by atoms with Gasteiger partial charge in [-0.05, 0) is 31.2 Å². The highest BCUT2D eigenvalue weighted by molar-refractivity contribution is 5.90. The molecule has 0 saturated carbocycles. The topological polar surface area (TPSA) is 93.9 Å². The standard InChI is InChI=1S/C18H23N3O5/c1-13-12-17(20-26-13)19-18(23)8-9-21(14(2)22)10-11-25-16-6-4-15(24-3)5-7-16/h4-7,12H,8-11H2,1-3H3,(H,19,20,23). The molecule has 1 heterocycles. The average molecular weight is 361 g/mol. The van der Waals surface area contributed by atoms with Gasteiger partial charge in [-0.15, -0.1) is 0 Å². The number of anilines is 1. The van der Waals surface area contributed by atoms with Gasteiger partial charge in [-0.1, -0.05) is 5.16 Å². The molecule has 1 aromatic heterocycles. The predicted molar refractivity (Wildman–Crippen MR) is 95.2 cm³/mol. The Morgan fingerprint density at radius 3 is 2.46 bits per heavy atom. The Hall–Kier alpha value is -3.03. The van der Waals surface area contributed by atoms with Crippen LogP contribution in [0.25, 0.3) is 0 Å². The molecule has 8 heteroatoms. The molecular weight excluding hydrogens is 338 g/mol. The van der Waals surface area contributed by atoms with Crippen molar-refractivity contribution >= 4 is 17.6 Å². The molecule has 2 aromatic rings. The number of aryl methyl sites for hydroxylation is 1. The van der Waals surface area contributed by atoms with Gasteiger partial charge in [0.05, 0.1) is 13.7 Å². The number of carbonyl (C=O) groups is 2. The average Bonchev–Trinajstić information content (AvgIpc) is 3.02. The zero-order chi connectivity index (χ0) is 18.9. The quantitative estimate of drug-likeness (QED) is 0.736. The minimum atomic E-state index is -0.236. The second-order valence-corrected chi connectivity index (χ2v) is 5.65. The van der Waals surface area contributed by atoms with Crippen LogP contribution in [0, 0.1) is 6.92 Å². The molecule has 0 atom stereocenters. The predicted octanol–water partition coefficient (Wildman–Crippen LogP) is 2.25. The van der Waals surface area contributed by atoms with E-state index in [1.54, 1.807) is 49.3 Å². The SMILES string of the molecule is COc1ccc(OCCN(CCC(=O)Nc2cc(C)on2)C(C)=O)cc1. The van der Waals surface area contributed by atoms with Gasteiger partial charge in [0.25, 0.3) is 0 Å². The third kappa shape index (κ3) is 6.12. The third-order valence-electron chi connectivity index (χ3n) is 3.64. The molecule has 0 radical (unpaired) electrons. The molecule has 0 unspecified atom stereocenters. The molecule has 0 fully saturated rings. The number of carbonyl (C=O) groups excluding carboxylic acids is 2. The molecule has 8 nitrogen and oxygen atoms in total. The van der Waals surface area contributed by atoms with Gasteiger partial charge in [0.2, 0.25) is 11.8 Å². The van der Waals surface area contributed by atoms with Crippen molar-refractivity contribution in [2.24, 2.45) is 0 Å². The molecule has 0 saturated heterocycles. The summed E-state index contributed by atoms with van der Waals surface area (Å²) in [6.45, 7) is 4.22. The first-order chi connectivity index (χ1) is 12.5. The molecule has 0 aliphatic heterocycles. The van der Waals surface area contributed by atoms with Crippen molar-refractivity contribution < 1.29 is 23.6 Å². The smallest absolute Gasteiger partial charge is 0.227 e. The summed E-state index contributed by atoms with van der Waals surface area (Å²) in [6.07, 6.45) is 0.161. The Labute approximate surface area is 152 Å². The number of hydrogen-bond acceptors (Lipinski definition) is 6. The number of methoxy groups -OCH3 is 1. The highest BCUT2D eigenvalue weighted by atomic mass is 16.5. The second-order valence-electron chi connectivity index (χ2n) is 5.65. The van der Waals surface area contributed by atoms with Gasteiger partial charge >= 0.3 is 0 Å². The molecule has 26 heavy (non-hydrogen) atoms. The van der Waals surface area contributed by atoms with Crippen molar-refractivity contribution in [1.82, 2.24) is 10.1 Å². The van der Waals surface area contributed by atoms with Gasteiger partial charge in [-0.2, -0.15) is 0 Å². The lowest BCUT2D eigenvalue weighted by atomic mass is 10.3. The highest BCUT2D eigenvalue weighted by Crippen LogP contribution is 2.16. The van der Waals surface area contributed by atoms with E-state index in [9.17, 15) is 9.59 Å². The van der Waals surface area contributed by atoms with Crippen LogP contribution in [-0.4, -0.2) is 48.7 Å². The van der Waals surface area contributed by atoms with Crippen LogP contribution in [0.2, 0.25) is 0 Å². The summed E-state index contributed by atoms with van der Waals surface area (Å²) in [5.41, 5.74) is 0. The number of rotatable bonds is 9. The normalized spacial score (nSPS) is 10.3. The molecule has 0 aliphatic carbocycles. The van der Waals surface area contributed by atoms with E-state index in [1.807, 2.05) is 0 Å². The molecule has 2 rings (SSSR count). The van der Waals surface area contributed by atoms with Gasteiger partial charge in [-0.25, -0.2) is 0 Å². The summed E-state index contributed by atoms with van der Waals surface area (Å²) in [6, 6.07) is 8.82. The van der Waals surface area contributed by atoms with Crippen LogP contribution >= 0.6 is 0 Å². The maximum absolute atomic E-state index is 11.9. The first kappa shape index (κ1) is 19.3. The lowest BCUT2D eigenvalue weighted by molar-refractivity contribution is -0.129. The zero-order valence-corrected chi connectivity index (χ0v) is 15.2. The number of hydrogen-bond donors (Lipinski definition) is 1. The summed E-state index contributed by atoms with van der Waals surface area (Å²) in [7, 11) is 1.60. The van der Waals surface area contributed by atoms with E-state index in [-0.39, 0.29) is 18.2 Å². The van der Waals surface area contributed by atoms with Crippen molar-refractivity contribution in [2.45, 2.75) is 20.3 Å². The van der Waals surface area contributed by atoms with E-state index in [1.165, 1.54) is 6.92 Å². The fourth-order valence-electron chi connectivity index (χ4n) is 2.24. The first-order valence-corrected chi connectivity index (χ1v) is 8.23. The lowest BCUT2D eigenvalue weighted by Gasteiger charge is -2.20. The van der Waals surface area contributed by atoms with E-state index < -0.39 is 0 Å². The lowest BCUT2D eigenvalue weighted by Crippen LogP contribution is -2.35. The Balaban J connectivity index is 1.75. The summed E-state index contributed by atoms with van der Waals surface area (Å²) >= 11 is 0. The van der Waals surface area contributed by atoms with E-state index in [0.29, 0.717) is 37.0 Å². The monoisotopic (exact) mass is 361 g/mol. The van der Waals surface area contributed by atoms with Crippen molar-refractivity contribution in [1.29, 1.82) is 0 Å². The Kier molecular flexibility index (Phi) is 7.02. The summed E-state index contributed by atoms with van der Waals surface area (Å²) in [5.74, 6) is 2.06. The summed E-state index contributed by atoms with van der Waals surface area (Å²) in [5, 5.41) is 6.32. The minimum Gasteiger partial charge on any atom is -0.497 e. The molecule has 140 valence electrons. The van der Waals surface area contributed by atoms with Gasteiger partial charge in [0.15, 0.2) is 5.82 Å². The van der Waals surface area contributed by atoms with Gasteiger partial charge in [-0.3, -0.25) is 9.59 Å². The Morgan fingerprint density at radius 2 is 1.88 bits per heavy atom. The van der Waals surface area contributed by atoms with E-state index >= 15 is 0 Å². The summed E-state index contributed by atoms with van der Waals surface area (Å²) in [4.78, 5) is 25.2. The van der Waals surface area contributed by atoms with Gasteiger partial charge in [0, 0.05) is 26.0 Å². The summed E-state index contributed by atoms with van der Waals surface area (Å²) < 4.78 is 15.6.